The molecule has 0 saturated carbocycles. The first-order chi connectivity index (χ1) is 9.74. The molecule has 0 aromatic heterocycles. The summed E-state index contributed by atoms with van der Waals surface area (Å²) in [7, 11) is 1.70. The van der Waals surface area contributed by atoms with Crippen molar-refractivity contribution >= 4 is 21.6 Å². The van der Waals surface area contributed by atoms with Crippen molar-refractivity contribution in [2.75, 3.05) is 12.4 Å². The van der Waals surface area contributed by atoms with Crippen LogP contribution in [0.3, 0.4) is 0 Å². The molecule has 0 radical (unpaired) electrons. The number of halogens is 1. The van der Waals surface area contributed by atoms with Crippen LogP contribution in [0.5, 0.6) is 5.75 Å². The van der Waals surface area contributed by atoms with Crippen molar-refractivity contribution in [1.29, 1.82) is 0 Å². The fraction of sp³-hybridized carbons (Fsp3) is 0.294. The van der Waals surface area contributed by atoms with Gasteiger partial charge in [-0.2, -0.15) is 0 Å². The van der Waals surface area contributed by atoms with Crippen molar-refractivity contribution in [3.8, 4) is 5.75 Å². The predicted octanol–water partition coefficient (Wildman–Crippen LogP) is 4.43. The summed E-state index contributed by atoms with van der Waals surface area (Å²) >= 11 is 3.52. The van der Waals surface area contributed by atoms with Crippen molar-refractivity contribution in [2.45, 2.75) is 25.3 Å². The maximum Gasteiger partial charge on any atom is 0.122 e. The summed E-state index contributed by atoms with van der Waals surface area (Å²) in [5, 5.41) is 3.63. The Morgan fingerprint density at radius 2 is 1.95 bits per heavy atom. The molecule has 1 unspecified atom stereocenters. The average Bonchev–Trinajstić information content (AvgIpc) is 2.46. The van der Waals surface area contributed by atoms with Gasteiger partial charge in [-0.25, -0.2) is 0 Å². The molecule has 0 bridgehead atoms. The predicted molar refractivity (Wildman–Crippen MR) is 86.6 cm³/mol. The third kappa shape index (κ3) is 2.98. The second kappa shape index (κ2) is 5.88. The lowest BCUT2D eigenvalue weighted by molar-refractivity contribution is 0.414. The quantitative estimate of drug-likeness (QED) is 0.898. The van der Waals surface area contributed by atoms with Gasteiger partial charge in [0.05, 0.1) is 7.11 Å². The summed E-state index contributed by atoms with van der Waals surface area (Å²) < 4.78 is 6.35. The number of hydrogen-bond acceptors (Lipinski definition) is 2. The van der Waals surface area contributed by atoms with Crippen molar-refractivity contribution < 1.29 is 4.74 Å². The van der Waals surface area contributed by atoms with Crippen LogP contribution in [-0.4, -0.2) is 13.2 Å². The summed E-state index contributed by atoms with van der Waals surface area (Å²) in [6.07, 6.45) is 3.41. The van der Waals surface area contributed by atoms with E-state index in [1.165, 1.54) is 17.5 Å². The van der Waals surface area contributed by atoms with E-state index >= 15 is 0 Å². The van der Waals surface area contributed by atoms with Gasteiger partial charge >= 0.3 is 0 Å². The van der Waals surface area contributed by atoms with Crippen LogP contribution in [0.15, 0.2) is 46.9 Å². The molecule has 0 heterocycles. The summed E-state index contributed by atoms with van der Waals surface area (Å²) in [4.78, 5) is 0. The van der Waals surface area contributed by atoms with E-state index in [1.807, 2.05) is 12.1 Å². The maximum atomic E-state index is 5.31. The number of methoxy groups -OCH3 is 1. The van der Waals surface area contributed by atoms with Crippen LogP contribution < -0.4 is 10.1 Å². The van der Waals surface area contributed by atoms with Gasteiger partial charge in [0.2, 0.25) is 0 Å². The van der Waals surface area contributed by atoms with Crippen LogP contribution >= 0.6 is 15.9 Å². The normalized spacial score (nSPS) is 17.4. The first-order valence-electron chi connectivity index (χ1n) is 6.92. The molecule has 1 atom stereocenters. The van der Waals surface area contributed by atoms with E-state index in [0.29, 0.717) is 6.04 Å². The average molecular weight is 332 g/mol. The van der Waals surface area contributed by atoms with Crippen LogP contribution in [0.1, 0.15) is 17.5 Å². The minimum Gasteiger partial charge on any atom is -0.497 e. The number of anilines is 1. The van der Waals surface area contributed by atoms with E-state index in [1.54, 1.807) is 7.11 Å². The number of ether oxygens (including phenoxy) is 1. The Labute approximate surface area is 128 Å². The molecular formula is C17H18BrNO. The van der Waals surface area contributed by atoms with Gasteiger partial charge in [-0.1, -0.05) is 40.2 Å². The molecule has 3 rings (SSSR count). The van der Waals surface area contributed by atoms with Crippen molar-refractivity contribution in [2.24, 2.45) is 0 Å². The fourth-order valence-corrected chi connectivity index (χ4v) is 3.29. The lowest BCUT2D eigenvalue weighted by Gasteiger charge is -2.26. The second-order valence-corrected chi connectivity index (χ2v) is 6.15. The number of benzene rings is 2. The van der Waals surface area contributed by atoms with E-state index in [4.69, 9.17) is 4.74 Å². The van der Waals surface area contributed by atoms with Crippen molar-refractivity contribution in [1.82, 2.24) is 0 Å². The maximum absolute atomic E-state index is 5.31. The first kappa shape index (κ1) is 13.5. The Bertz CT molecular complexity index is 612. The van der Waals surface area contributed by atoms with Gasteiger partial charge in [0, 0.05) is 22.3 Å². The minimum atomic E-state index is 0.490. The Morgan fingerprint density at radius 1 is 1.15 bits per heavy atom. The molecular weight excluding hydrogens is 314 g/mol. The smallest absolute Gasteiger partial charge is 0.122 e. The largest absolute Gasteiger partial charge is 0.497 e. The molecule has 0 spiro atoms. The van der Waals surface area contributed by atoms with Crippen LogP contribution in [0.2, 0.25) is 0 Å². The molecule has 0 saturated heterocycles. The first-order valence-corrected chi connectivity index (χ1v) is 7.72. The molecule has 3 heteroatoms. The van der Waals surface area contributed by atoms with Crippen molar-refractivity contribution in [3.63, 3.8) is 0 Å². The van der Waals surface area contributed by atoms with Gasteiger partial charge in [0.25, 0.3) is 0 Å². The topological polar surface area (TPSA) is 21.3 Å². The molecule has 2 aromatic rings. The fourth-order valence-electron chi connectivity index (χ4n) is 2.82. The zero-order valence-corrected chi connectivity index (χ0v) is 13.1. The summed E-state index contributed by atoms with van der Waals surface area (Å²) in [6, 6.07) is 15.4. The van der Waals surface area contributed by atoms with E-state index in [9.17, 15) is 0 Å². The summed E-state index contributed by atoms with van der Waals surface area (Å²) in [5.74, 6) is 0.873. The lowest BCUT2D eigenvalue weighted by Crippen LogP contribution is -2.27. The van der Waals surface area contributed by atoms with E-state index < -0.39 is 0 Å². The molecule has 20 heavy (non-hydrogen) atoms. The highest BCUT2D eigenvalue weighted by molar-refractivity contribution is 9.10. The number of aryl methyl sites for hydroxylation is 1. The molecule has 1 aliphatic carbocycles. The van der Waals surface area contributed by atoms with E-state index in [2.05, 4.69) is 51.6 Å². The zero-order valence-electron chi connectivity index (χ0n) is 11.5. The van der Waals surface area contributed by atoms with Gasteiger partial charge in [-0.05, 0) is 42.5 Å². The Balaban J connectivity index is 1.75. The number of hydrogen-bond donors (Lipinski definition) is 1. The van der Waals surface area contributed by atoms with Gasteiger partial charge < -0.3 is 10.1 Å². The molecule has 2 nitrogen and oxygen atoms in total. The third-order valence-electron chi connectivity index (χ3n) is 3.82. The highest BCUT2D eigenvalue weighted by Crippen LogP contribution is 2.28. The van der Waals surface area contributed by atoms with Gasteiger partial charge in [-0.15, -0.1) is 0 Å². The molecule has 0 fully saturated rings. The SMILES string of the molecule is COc1cc(Br)cc(NC2CCc3ccccc3C2)c1. The zero-order chi connectivity index (χ0) is 13.9. The minimum absolute atomic E-state index is 0.490. The highest BCUT2D eigenvalue weighted by atomic mass is 79.9. The molecule has 0 amide bonds. The van der Waals surface area contributed by atoms with Gasteiger partial charge in [-0.3, -0.25) is 0 Å². The van der Waals surface area contributed by atoms with E-state index in [-0.39, 0.29) is 0 Å². The lowest BCUT2D eigenvalue weighted by atomic mass is 9.88. The molecule has 1 N–H and O–H groups in total. The third-order valence-corrected chi connectivity index (χ3v) is 4.28. The number of fused-ring (bicyclic) bond motifs is 1. The Morgan fingerprint density at radius 3 is 2.75 bits per heavy atom. The van der Waals surface area contributed by atoms with Crippen LogP contribution in [0.25, 0.3) is 0 Å². The standard InChI is InChI=1S/C17H18BrNO/c1-20-17-10-14(18)9-16(11-17)19-15-7-6-12-4-2-3-5-13(12)8-15/h2-5,9-11,15,19H,6-8H2,1H3. The second-order valence-electron chi connectivity index (χ2n) is 5.23. The van der Waals surface area contributed by atoms with Crippen LogP contribution in [-0.2, 0) is 12.8 Å². The molecule has 1 aliphatic rings. The Kier molecular flexibility index (Phi) is 3.97. The summed E-state index contributed by atoms with van der Waals surface area (Å²) in [5.41, 5.74) is 4.08. The highest BCUT2D eigenvalue weighted by Gasteiger charge is 2.18. The monoisotopic (exact) mass is 331 g/mol. The van der Waals surface area contributed by atoms with Crippen LogP contribution in [0, 0.1) is 0 Å². The van der Waals surface area contributed by atoms with E-state index in [0.717, 1.165) is 28.8 Å². The molecule has 104 valence electrons. The van der Waals surface area contributed by atoms with Gasteiger partial charge in [0.15, 0.2) is 0 Å². The molecule has 2 aromatic carbocycles. The van der Waals surface area contributed by atoms with Gasteiger partial charge in [0.1, 0.15) is 5.75 Å². The Hall–Kier alpha value is -1.48. The van der Waals surface area contributed by atoms with Crippen molar-refractivity contribution in [3.05, 3.63) is 58.1 Å². The number of rotatable bonds is 3. The number of nitrogens with one attached hydrogen (secondary N) is 1. The summed E-state index contributed by atoms with van der Waals surface area (Å²) in [6.45, 7) is 0. The van der Waals surface area contributed by atoms with Crippen LogP contribution in [0.4, 0.5) is 5.69 Å². The molecule has 0 aliphatic heterocycles.